The molecule has 0 aliphatic carbocycles. The Balaban J connectivity index is 0.827. The van der Waals surface area contributed by atoms with Crippen molar-refractivity contribution in [2.75, 3.05) is 57.4 Å². The number of nitrogens with zero attached hydrogens (tertiary/aromatic N) is 5. The second kappa shape index (κ2) is 32.0. The zero-order chi connectivity index (χ0) is 70.8. The summed E-state index contributed by atoms with van der Waals surface area (Å²) < 4.78 is 47.0. The fourth-order valence-electron chi connectivity index (χ4n) is 15.9. The topological polar surface area (TPSA) is 267 Å². The van der Waals surface area contributed by atoms with Crippen LogP contribution in [0.2, 0.25) is 5.82 Å². The van der Waals surface area contributed by atoms with E-state index < -0.39 is 69.4 Å². The third-order valence-corrected chi connectivity index (χ3v) is 23.7. The minimum absolute atomic E-state index is 0.0277. The molecule has 0 radical (unpaired) electrons. The third-order valence-electron chi connectivity index (χ3n) is 20.4. The summed E-state index contributed by atoms with van der Waals surface area (Å²) in [6.07, 6.45) is 24.5. The molecule has 2 saturated heterocycles. The van der Waals surface area contributed by atoms with E-state index in [4.69, 9.17) is 14.0 Å². The number of Topliss-reactive ketones (excluding diaryl/α,β-unsaturated/α-hetero) is 1. The monoisotopic (exact) mass is 1390 g/mol. The van der Waals surface area contributed by atoms with Crippen molar-refractivity contribution in [3.8, 4) is 0 Å². The van der Waals surface area contributed by atoms with Crippen molar-refractivity contribution in [2.45, 2.75) is 147 Å². The second-order valence-electron chi connectivity index (χ2n) is 28.6. The van der Waals surface area contributed by atoms with Crippen LogP contribution in [0.4, 0.5) is 11.4 Å². The maximum atomic E-state index is 14.9. The van der Waals surface area contributed by atoms with E-state index >= 15 is 0 Å². The van der Waals surface area contributed by atoms with Crippen molar-refractivity contribution >= 4 is 84.1 Å². The molecule has 3 atom stereocenters. The van der Waals surface area contributed by atoms with Gasteiger partial charge in [0, 0.05) is 85.2 Å². The van der Waals surface area contributed by atoms with E-state index in [1.165, 1.54) is 63.7 Å². The van der Waals surface area contributed by atoms with Crippen molar-refractivity contribution in [3.05, 3.63) is 192 Å². The molecule has 4 aliphatic rings. The predicted molar refractivity (Wildman–Crippen MR) is 388 cm³/mol. The van der Waals surface area contributed by atoms with Gasteiger partial charge in [-0.25, -0.2) is 4.98 Å². The van der Waals surface area contributed by atoms with Gasteiger partial charge >= 0.3 is 27.8 Å². The van der Waals surface area contributed by atoms with E-state index in [-0.39, 0.29) is 78.2 Å². The SMILES string of the molecule is CCCCC[N+]1=C(/C=C/C=C/C=C/C=C2/N(CCCCCC(=O)OCC(CC(=O)NC(P(=O)(O)O)P(=O)(O)O)C[N+]34CCO[B-]3([C@@H](CC(=O)[C@H](Cc3ccccc3)NC(=O)c3cnccn3)CC(C)C)OCC4)c3ccc4ccccc4c3C2(C)C)C(C)(C)c2c1ccc1ccccc21. The summed E-state index contributed by atoms with van der Waals surface area (Å²) in [5, 5.41) is 9.71. The standard InChI is InChI=1S/C76H96BN7O13P2/c1-8-9-24-41-82-64-37-35-57-28-20-22-30-60(57)71(64)75(4,5)67(82)32-17-11-10-12-18-33-68-76(6,7)72-61-31-23-21-29-58(61)36-38-65(72)83(68)42-25-14-19-34-70(87)95-53-56(49-69(86)81-74(98(89,90)91)99(92,93)94)52-84-43-45-96-77(84,97-46-44-84)59(47-54(2)3)50-66(85)62(48-55-26-15-13-16-27-55)80-73(88)63-51-78-39-40-79-63/h10-13,15-18,20-23,26-33,35-40,51,54,56,59,62,74H,8-9,14,19,24-25,34,41-50,52-53H2,1-7H3,(H5-,80,81,86,88,89,90,91,92,93,94)/p+1/t56?,59-,62+,77?,84?/m1/s1. The first-order valence-corrected chi connectivity index (χ1v) is 38.3. The molecule has 1 aromatic heterocycles. The van der Waals surface area contributed by atoms with E-state index in [1.54, 1.807) is 0 Å². The van der Waals surface area contributed by atoms with E-state index in [0.29, 0.717) is 38.9 Å². The van der Waals surface area contributed by atoms with Crippen molar-refractivity contribution in [1.29, 1.82) is 0 Å². The number of benzene rings is 5. The molecule has 0 bridgehead atoms. The summed E-state index contributed by atoms with van der Waals surface area (Å²) in [7, 11) is -11.2. The smallest absolute Gasteiger partial charge is 0.476 e. The van der Waals surface area contributed by atoms with Gasteiger partial charge < -0.3 is 53.5 Å². The summed E-state index contributed by atoms with van der Waals surface area (Å²) in [5.41, 5.74) is 4.98. The number of fused-ring (bicyclic) bond motifs is 7. The molecule has 0 saturated carbocycles. The molecular weight excluding hydrogens is 1290 g/mol. The van der Waals surface area contributed by atoms with Crippen molar-refractivity contribution in [3.63, 3.8) is 0 Å². The normalized spacial score (nSPS) is 20.2. The number of carbonyl (C=O) groups excluding carboxylic acids is 4. The molecule has 526 valence electrons. The van der Waals surface area contributed by atoms with Gasteiger partial charge in [0.2, 0.25) is 17.1 Å². The Morgan fingerprint density at radius 3 is 2.07 bits per heavy atom. The highest BCUT2D eigenvalue weighted by Crippen LogP contribution is 2.58. The Kier molecular flexibility index (Phi) is 24.0. The van der Waals surface area contributed by atoms with Gasteiger partial charge in [0.05, 0.1) is 50.6 Å². The number of carbonyl (C=O) groups is 4. The summed E-state index contributed by atoms with van der Waals surface area (Å²) in [4.78, 5) is 107. The van der Waals surface area contributed by atoms with Crippen LogP contribution in [0, 0.1) is 11.8 Å². The summed E-state index contributed by atoms with van der Waals surface area (Å²) in [6, 6.07) is 34.4. The molecule has 1 unspecified atom stereocenters. The van der Waals surface area contributed by atoms with Crippen LogP contribution in [0.5, 0.6) is 0 Å². The molecule has 10 rings (SSSR count). The first-order chi connectivity index (χ1) is 47.3. The highest BCUT2D eigenvalue weighted by Gasteiger charge is 2.63. The average molecular weight is 1390 g/mol. The Hall–Kier alpha value is -7.55. The number of amides is 2. The lowest BCUT2D eigenvalue weighted by Crippen LogP contribution is -2.67. The molecule has 2 amide bonds. The number of ether oxygens (including phenoxy) is 1. The first kappa shape index (κ1) is 74.2. The van der Waals surface area contributed by atoms with Crippen LogP contribution in [0.15, 0.2) is 170 Å². The Labute approximate surface area is 581 Å². The largest absolute Gasteiger partial charge is 0.509 e. The highest BCUT2D eigenvalue weighted by molar-refractivity contribution is 7.70. The van der Waals surface area contributed by atoms with Crippen LogP contribution in [-0.2, 0) is 54.8 Å². The van der Waals surface area contributed by atoms with Gasteiger partial charge in [-0.1, -0.05) is 169 Å². The maximum absolute atomic E-state index is 14.9. The lowest BCUT2D eigenvalue weighted by Gasteiger charge is -2.52. The number of aromatic nitrogens is 2. The lowest BCUT2D eigenvalue weighted by atomic mass is 9.51. The Morgan fingerprint density at radius 2 is 1.40 bits per heavy atom. The molecule has 6 N–H and O–H groups in total. The molecule has 20 nitrogen and oxygen atoms in total. The Bertz CT molecular complexity index is 4140. The van der Waals surface area contributed by atoms with Crippen LogP contribution in [0.3, 0.4) is 0 Å². The number of esters is 1. The molecule has 0 spiro atoms. The van der Waals surface area contributed by atoms with E-state index in [0.717, 1.165) is 48.1 Å². The van der Waals surface area contributed by atoms with Crippen LogP contribution in [0.1, 0.15) is 140 Å². The van der Waals surface area contributed by atoms with Crippen molar-refractivity contribution in [2.24, 2.45) is 11.8 Å². The number of allylic oxidation sites excluding steroid dienone is 8. The van der Waals surface area contributed by atoms with Crippen LogP contribution in [0.25, 0.3) is 21.5 Å². The number of hydrogen-bond acceptors (Lipinski definition) is 12. The van der Waals surface area contributed by atoms with Gasteiger partial charge in [-0.3, -0.25) is 33.3 Å². The van der Waals surface area contributed by atoms with Gasteiger partial charge in [0.1, 0.15) is 12.2 Å². The van der Waals surface area contributed by atoms with Gasteiger partial charge in [-0.05, 0) is 109 Å². The number of ketones is 1. The highest BCUT2D eigenvalue weighted by atomic mass is 31.2. The molecule has 5 heterocycles. The third kappa shape index (κ3) is 16.9. The van der Waals surface area contributed by atoms with Crippen LogP contribution in [-0.4, -0.2) is 139 Å². The van der Waals surface area contributed by atoms with Gasteiger partial charge in [-0.2, -0.15) is 4.58 Å². The summed E-state index contributed by atoms with van der Waals surface area (Å²) in [6.45, 7) is 15.6. The Morgan fingerprint density at radius 1 is 0.747 bits per heavy atom. The molecule has 99 heavy (non-hydrogen) atoms. The molecule has 23 heteroatoms. The minimum Gasteiger partial charge on any atom is -0.509 e. The zero-order valence-corrected chi connectivity index (χ0v) is 59.9. The predicted octanol–water partition coefficient (Wildman–Crippen LogP) is 12.8. The molecule has 5 aromatic carbocycles. The van der Waals surface area contributed by atoms with E-state index in [2.05, 4.69) is 175 Å². The van der Waals surface area contributed by atoms with Crippen LogP contribution >= 0.6 is 15.2 Å². The van der Waals surface area contributed by atoms with Crippen LogP contribution < -0.4 is 15.5 Å². The number of unbranched alkanes of at least 4 members (excludes halogenated alkanes) is 4. The molecule has 4 aliphatic heterocycles. The number of hydrogen-bond donors (Lipinski definition) is 6. The fourth-order valence-corrected chi connectivity index (χ4v) is 18.1. The van der Waals surface area contributed by atoms with Crippen molar-refractivity contribution < 1.29 is 70.9 Å². The van der Waals surface area contributed by atoms with E-state index in [1.807, 2.05) is 49.5 Å². The fraction of sp³-hybridized carbons (Fsp3) is 0.434. The minimum atomic E-state index is -5.58. The summed E-state index contributed by atoms with van der Waals surface area (Å²) in [5.74, 6) is -3.89. The van der Waals surface area contributed by atoms with E-state index in [9.17, 15) is 47.9 Å². The number of rotatable bonds is 33. The quantitative estimate of drug-likeness (QED) is 0.00558. The molecule has 6 aromatic rings. The number of quaternary nitrogens is 1. The van der Waals surface area contributed by atoms with Gasteiger partial charge in [-0.15, -0.1) is 0 Å². The lowest BCUT2D eigenvalue weighted by molar-refractivity contribution is -0.827. The average Bonchev–Trinajstić information content (AvgIpc) is 1.60. The molecular formula is C76H97BN7O13P2+. The first-order valence-electron chi connectivity index (χ1n) is 34.9. The molecule has 2 fully saturated rings. The summed E-state index contributed by atoms with van der Waals surface area (Å²) >= 11 is 0. The number of nitrogens with one attached hydrogen (secondary N) is 2. The maximum Gasteiger partial charge on any atom is 0.476 e. The van der Waals surface area contributed by atoms with Gasteiger partial charge in [0.25, 0.3) is 5.91 Å². The number of anilines is 1. The second-order valence-corrected chi connectivity index (χ2v) is 32.4. The van der Waals surface area contributed by atoms with Crippen molar-refractivity contribution in [1.82, 2.24) is 20.6 Å². The van der Waals surface area contributed by atoms with Gasteiger partial charge in [0.15, 0.2) is 11.5 Å². The zero-order valence-electron chi connectivity index (χ0n) is 58.1.